The molecular formula is C5H4Cl2N4S. The monoisotopic (exact) mass is 222 g/mol. The van der Waals surface area contributed by atoms with Gasteiger partial charge in [-0.2, -0.15) is 4.98 Å². The smallest absolute Gasteiger partial charge is 0.222 e. The van der Waals surface area contributed by atoms with E-state index < -0.39 is 0 Å². The molecule has 0 radical (unpaired) electrons. The summed E-state index contributed by atoms with van der Waals surface area (Å²) < 4.78 is 1.31. The molecule has 0 aliphatic heterocycles. The highest BCUT2D eigenvalue weighted by molar-refractivity contribution is 7.22. The van der Waals surface area contributed by atoms with E-state index in [1.807, 2.05) is 0 Å². The Hall–Kier alpha value is -0.650. The van der Waals surface area contributed by atoms with Crippen LogP contribution in [0.5, 0.6) is 0 Å². The van der Waals surface area contributed by atoms with Gasteiger partial charge in [0, 0.05) is 0 Å². The van der Waals surface area contributed by atoms with Gasteiger partial charge in [-0.15, -0.1) is 12.4 Å². The summed E-state index contributed by atoms with van der Waals surface area (Å²) in [5.41, 5.74) is 5.89. The second-order valence-corrected chi connectivity index (χ2v) is 3.50. The molecule has 2 aromatic heterocycles. The minimum absolute atomic E-state index is 0. The summed E-state index contributed by atoms with van der Waals surface area (Å²) in [4.78, 5) is 11.6. The minimum atomic E-state index is 0. The highest BCUT2D eigenvalue weighted by atomic mass is 35.5. The normalized spacial score (nSPS) is 9.75. The largest absolute Gasteiger partial charge is 0.368 e. The van der Waals surface area contributed by atoms with Crippen LogP contribution in [-0.4, -0.2) is 15.0 Å². The van der Waals surface area contributed by atoms with Crippen LogP contribution in [0.4, 0.5) is 5.95 Å². The van der Waals surface area contributed by atoms with Crippen LogP contribution in [0.25, 0.3) is 10.3 Å². The van der Waals surface area contributed by atoms with Gasteiger partial charge >= 0.3 is 0 Å². The Kier molecular flexibility index (Phi) is 2.66. The number of thiazole rings is 1. The molecule has 0 saturated heterocycles. The number of hydrogen-bond donors (Lipinski definition) is 1. The second kappa shape index (κ2) is 3.38. The van der Waals surface area contributed by atoms with Gasteiger partial charge in [0.2, 0.25) is 5.95 Å². The van der Waals surface area contributed by atoms with Crippen LogP contribution in [0.15, 0.2) is 6.20 Å². The Morgan fingerprint density at radius 2 is 2.17 bits per heavy atom. The van der Waals surface area contributed by atoms with Gasteiger partial charge in [-0.1, -0.05) is 22.9 Å². The van der Waals surface area contributed by atoms with Crippen LogP contribution < -0.4 is 5.73 Å². The number of nitrogens with two attached hydrogens (primary N) is 1. The SMILES string of the molecule is Cl.Nc1ncc2sc(Cl)nc2n1. The summed E-state index contributed by atoms with van der Waals surface area (Å²) in [6.45, 7) is 0. The molecule has 7 heteroatoms. The molecule has 0 aliphatic rings. The number of halogens is 2. The van der Waals surface area contributed by atoms with Crippen LogP contribution in [-0.2, 0) is 0 Å². The highest BCUT2D eigenvalue weighted by Crippen LogP contribution is 2.23. The van der Waals surface area contributed by atoms with Gasteiger partial charge in [-0.05, 0) is 0 Å². The molecule has 0 aliphatic carbocycles. The van der Waals surface area contributed by atoms with E-state index >= 15 is 0 Å². The minimum Gasteiger partial charge on any atom is -0.368 e. The number of anilines is 1. The Morgan fingerprint density at radius 1 is 1.42 bits per heavy atom. The van der Waals surface area contributed by atoms with E-state index in [0.29, 0.717) is 10.1 Å². The van der Waals surface area contributed by atoms with Crippen LogP contribution >= 0.6 is 35.3 Å². The first-order chi connectivity index (χ1) is 5.25. The zero-order valence-electron chi connectivity index (χ0n) is 5.69. The summed E-state index contributed by atoms with van der Waals surface area (Å²) in [6, 6.07) is 0. The average molecular weight is 223 g/mol. The fraction of sp³-hybridized carbons (Fsp3) is 0. The molecule has 0 fully saturated rings. The predicted octanol–water partition coefficient (Wildman–Crippen LogP) is 1.74. The van der Waals surface area contributed by atoms with E-state index in [2.05, 4.69) is 15.0 Å². The first kappa shape index (κ1) is 9.44. The number of fused-ring (bicyclic) bond motifs is 1. The maximum Gasteiger partial charge on any atom is 0.222 e. The van der Waals surface area contributed by atoms with Crippen molar-refractivity contribution in [3.05, 3.63) is 10.7 Å². The third-order valence-corrected chi connectivity index (χ3v) is 2.23. The topological polar surface area (TPSA) is 64.7 Å². The van der Waals surface area contributed by atoms with Crippen molar-refractivity contribution in [1.29, 1.82) is 0 Å². The zero-order valence-corrected chi connectivity index (χ0v) is 8.08. The summed E-state index contributed by atoms with van der Waals surface area (Å²) >= 11 is 6.97. The van der Waals surface area contributed by atoms with E-state index in [4.69, 9.17) is 17.3 Å². The third-order valence-electron chi connectivity index (χ3n) is 1.14. The molecule has 4 nitrogen and oxygen atoms in total. The highest BCUT2D eigenvalue weighted by Gasteiger charge is 2.02. The molecule has 0 bridgehead atoms. The lowest BCUT2D eigenvalue weighted by Gasteiger charge is -1.87. The van der Waals surface area contributed by atoms with E-state index in [1.54, 1.807) is 6.20 Å². The van der Waals surface area contributed by atoms with Crippen molar-refractivity contribution in [2.24, 2.45) is 0 Å². The number of aromatic nitrogens is 3. The van der Waals surface area contributed by atoms with Gasteiger partial charge in [0.25, 0.3) is 0 Å². The summed E-state index contributed by atoms with van der Waals surface area (Å²) in [7, 11) is 0. The van der Waals surface area contributed by atoms with Crippen LogP contribution in [0.2, 0.25) is 4.47 Å². The molecule has 2 rings (SSSR count). The molecule has 0 amide bonds. The summed E-state index contributed by atoms with van der Waals surface area (Å²) in [6.07, 6.45) is 1.61. The molecule has 0 spiro atoms. The molecule has 0 unspecified atom stereocenters. The molecule has 2 N–H and O–H groups in total. The van der Waals surface area contributed by atoms with Gasteiger partial charge in [0.1, 0.15) is 0 Å². The lowest BCUT2D eigenvalue weighted by atomic mass is 10.6. The number of rotatable bonds is 0. The molecule has 0 saturated carbocycles. The quantitative estimate of drug-likeness (QED) is 0.738. The van der Waals surface area contributed by atoms with E-state index in [-0.39, 0.29) is 18.4 Å². The summed E-state index contributed by atoms with van der Waals surface area (Å²) in [5, 5.41) is 0. The fourth-order valence-electron chi connectivity index (χ4n) is 0.724. The Labute approximate surface area is 83.2 Å². The van der Waals surface area contributed by atoms with Gasteiger partial charge in [-0.25, -0.2) is 9.97 Å². The first-order valence-corrected chi connectivity index (χ1v) is 4.00. The van der Waals surface area contributed by atoms with Crippen molar-refractivity contribution in [3.8, 4) is 0 Å². The third kappa shape index (κ3) is 1.57. The Bertz CT molecular complexity index is 401. The lowest BCUT2D eigenvalue weighted by Crippen LogP contribution is -1.92. The van der Waals surface area contributed by atoms with E-state index in [1.165, 1.54) is 11.3 Å². The van der Waals surface area contributed by atoms with Crippen LogP contribution in [0.3, 0.4) is 0 Å². The molecule has 2 aromatic rings. The van der Waals surface area contributed by atoms with Crippen molar-refractivity contribution in [2.45, 2.75) is 0 Å². The van der Waals surface area contributed by atoms with Crippen LogP contribution in [0, 0.1) is 0 Å². The fourth-order valence-corrected chi connectivity index (χ4v) is 1.65. The van der Waals surface area contributed by atoms with Crippen molar-refractivity contribution in [1.82, 2.24) is 15.0 Å². The van der Waals surface area contributed by atoms with Crippen LogP contribution in [0.1, 0.15) is 0 Å². The molecule has 0 atom stereocenters. The number of nitrogen functional groups attached to an aromatic ring is 1. The van der Waals surface area contributed by atoms with Gasteiger partial charge in [0.05, 0.1) is 10.9 Å². The Balaban J connectivity index is 0.000000720. The maximum atomic E-state index is 5.63. The molecule has 12 heavy (non-hydrogen) atoms. The first-order valence-electron chi connectivity index (χ1n) is 2.80. The number of hydrogen-bond acceptors (Lipinski definition) is 5. The molecular weight excluding hydrogens is 219 g/mol. The van der Waals surface area contributed by atoms with Crippen molar-refractivity contribution < 1.29 is 0 Å². The average Bonchev–Trinajstić information content (AvgIpc) is 2.27. The van der Waals surface area contributed by atoms with E-state index in [9.17, 15) is 0 Å². The number of nitrogens with zero attached hydrogens (tertiary/aromatic N) is 3. The standard InChI is InChI=1S/C5H3ClN4S.ClH/c6-4-9-3-2(11-4)1-8-5(7)10-3;/h1H,(H2,7,8,10);1H. The molecule has 64 valence electrons. The zero-order chi connectivity index (χ0) is 7.84. The maximum absolute atomic E-state index is 5.63. The summed E-state index contributed by atoms with van der Waals surface area (Å²) in [5.74, 6) is 0.222. The van der Waals surface area contributed by atoms with Crippen molar-refractivity contribution >= 4 is 51.6 Å². The van der Waals surface area contributed by atoms with Gasteiger partial charge < -0.3 is 5.73 Å². The van der Waals surface area contributed by atoms with Gasteiger partial charge in [-0.3, -0.25) is 0 Å². The van der Waals surface area contributed by atoms with Crippen molar-refractivity contribution in [2.75, 3.05) is 5.73 Å². The second-order valence-electron chi connectivity index (χ2n) is 1.88. The predicted molar refractivity (Wildman–Crippen MR) is 51.9 cm³/mol. The van der Waals surface area contributed by atoms with Gasteiger partial charge in [0.15, 0.2) is 10.1 Å². The van der Waals surface area contributed by atoms with Crippen molar-refractivity contribution in [3.63, 3.8) is 0 Å². The molecule has 0 aromatic carbocycles. The van der Waals surface area contributed by atoms with E-state index in [0.717, 1.165) is 4.70 Å². The molecule has 2 heterocycles. The Morgan fingerprint density at radius 3 is 2.92 bits per heavy atom. The lowest BCUT2D eigenvalue weighted by molar-refractivity contribution is 1.22.